The lowest BCUT2D eigenvalue weighted by molar-refractivity contribution is 0.199. The van der Waals surface area contributed by atoms with Crippen molar-refractivity contribution in [3.63, 3.8) is 0 Å². The number of H-pyrrole nitrogens is 1. The van der Waals surface area contributed by atoms with Crippen LogP contribution in [-0.2, 0) is 26.9 Å². The number of hydrogen-bond donors (Lipinski definition) is 1. The highest BCUT2D eigenvalue weighted by Gasteiger charge is 2.24. The summed E-state index contributed by atoms with van der Waals surface area (Å²) in [5, 5.41) is 0. The van der Waals surface area contributed by atoms with Gasteiger partial charge in [0.05, 0.1) is 12.2 Å². The van der Waals surface area contributed by atoms with Gasteiger partial charge in [-0.3, -0.25) is 14.1 Å². The molecule has 1 aromatic heterocycles. The molecule has 1 aliphatic rings. The zero-order valence-electron chi connectivity index (χ0n) is 18.3. The Bertz CT molecular complexity index is 1070. The third kappa shape index (κ3) is 7.65. The molecule has 2 heterocycles. The Morgan fingerprint density at radius 1 is 1.47 bits per heavy atom. The van der Waals surface area contributed by atoms with Crippen LogP contribution in [0, 0.1) is 30.8 Å². The van der Waals surface area contributed by atoms with Crippen LogP contribution in [-0.4, -0.2) is 45.2 Å². The maximum absolute atomic E-state index is 11.6. The highest BCUT2D eigenvalue weighted by Crippen LogP contribution is 2.48. The van der Waals surface area contributed by atoms with Gasteiger partial charge in [-0.05, 0) is 25.8 Å². The smallest absolute Gasteiger partial charge is 0.396 e. The predicted octanol–water partition coefficient (Wildman–Crippen LogP) is 3.04. The zero-order chi connectivity index (χ0) is 23.7. The van der Waals surface area contributed by atoms with Gasteiger partial charge in [0.25, 0.3) is 7.48 Å². The number of nitrogens with zero attached hydrogens (tertiary/aromatic N) is 1. The minimum atomic E-state index is -1.31. The normalized spacial score (nSPS) is 15.4. The van der Waals surface area contributed by atoms with Crippen LogP contribution in [0.25, 0.3) is 0 Å². The van der Waals surface area contributed by atoms with E-state index in [2.05, 4.69) is 30.0 Å². The average molecular weight is 467 g/mol. The van der Waals surface area contributed by atoms with Gasteiger partial charge in [-0.15, -0.1) is 6.42 Å². The number of aryl methyl sites for hydroxylation is 3. The van der Waals surface area contributed by atoms with Crippen molar-refractivity contribution in [3.05, 3.63) is 55.7 Å². The van der Waals surface area contributed by atoms with E-state index in [-0.39, 0.29) is 16.8 Å². The van der Waals surface area contributed by atoms with Crippen molar-refractivity contribution in [2.75, 3.05) is 6.51 Å². The molecule has 1 aliphatic heterocycles. The molecule has 0 amide bonds. The fraction of sp³-hybridized carbons (Fsp3) is 0.400. The third-order valence-corrected chi connectivity index (χ3v) is 5.65. The summed E-state index contributed by atoms with van der Waals surface area (Å²) in [6.07, 6.45) is 7.31. The van der Waals surface area contributed by atoms with Crippen molar-refractivity contribution in [3.8, 4) is 18.1 Å². The van der Waals surface area contributed by atoms with Gasteiger partial charge in [0.1, 0.15) is 26.1 Å². The molecule has 0 fully saturated rings. The fourth-order valence-electron chi connectivity index (χ4n) is 2.92. The minimum absolute atomic E-state index is 0.117. The lowest BCUT2D eigenvalue weighted by Crippen LogP contribution is -2.26. The van der Waals surface area contributed by atoms with Crippen molar-refractivity contribution in [1.82, 2.24) is 9.55 Å². The monoisotopic (exact) mass is 467 g/mol. The highest BCUT2D eigenvalue weighted by molar-refractivity contribution is 7.71. The molecule has 0 aliphatic carbocycles. The Balaban J connectivity index is 0.000000228. The summed E-state index contributed by atoms with van der Waals surface area (Å²) in [7, 11) is 11.1. The van der Waals surface area contributed by atoms with Gasteiger partial charge in [0, 0.05) is 30.8 Å². The van der Waals surface area contributed by atoms with E-state index in [0.29, 0.717) is 25.1 Å². The first-order chi connectivity index (χ1) is 15.3. The topological polar surface area (TPSA) is 74.7 Å². The van der Waals surface area contributed by atoms with Crippen LogP contribution in [0.2, 0.25) is 6.82 Å². The van der Waals surface area contributed by atoms with Gasteiger partial charge in [-0.2, -0.15) is 0 Å². The first-order valence-electron chi connectivity index (χ1n) is 9.82. The second-order valence-electron chi connectivity index (χ2n) is 6.79. The summed E-state index contributed by atoms with van der Waals surface area (Å²) in [4.78, 5) is 14.1. The molecule has 0 bridgehead atoms. The first kappa shape index (κ1) is 26.4. The predicted molar refractivity (Wildman–Crippen MR) is 131 cm³/mol. The largest absolute Gasteiger partial charge is 0.446 e. The molecule has 1 N–H and O–H groups in total. The maximum atomic E-state index is 11.6. The molecular weight excluding hydrogens is 444 g/mol. The molecule has 1 aromatic carbocycles. The average Bonchev–Trinajstić information content (AvgIpc) is 2.74. The summed E-state index contributed by atoms with van der Waals surface area (Å²) in [5.41, 5.74) is 3.58. The number of nitrogens with one attached hydrogen (secondary N) is 1. The second-order valence-corrected chi connectivity index (χ2v) is 8.35. The van der Waals surface area contributed by atoms with Crippen LogP contribution in [0.15, 0.2) is 23.1 Å². The standard InChI is InChI=1S/C10H11B2N2O2S.C10H12BO3P/c1-3-7-6-14(10(15)13-9(7)17)5-4-8(11)16-12-2;1-7-3-8(2)10-9(4-7)5-12-15(14-10)13-6-11/h1,6,8H,4-5H2,2H3,(H,13,15,17);3-4H,5-6H2,1-2H3/t8-;/m0./s1. The van der Waals surface area contributed by atoms with Crippen LogP contribution in [0.3, 0.4) is 0 Å². The van der Waals surface area contributed by atoms with E-state index >= 15 is 0 Å². The van der Waals surface area contributed by atoms with Crippen molar-refractivity contribution in [2.45, 2.75) is 46.2 Å². The Morgan fingerprint density at radius 3 is 2.88 bits per heavy atom. The second kappa shape index (κ2) is 13.0. The Labute approximate surface area is 198 Å². The number of terminal acetylenes is 1. The molecule has 5 radical (unpaired) electrons. The molecule has 0 saturated heterocycles. The summed E-state index contributed by atoms with van der Waals surface area (Å²) in [6.45, 7) is 6.88. The molecule has 1 unspecified atom stereocenters. The molecule has 7 nitrogen and oxygen atoms in total. The summed E-state index contributed by atoms with van der Waals surface area (Å²) in [6, 6.07) is 3.71. The zero-order valence-corrected chi connectivity index (χ0v) is 20.0. The quantitative estimate of drug-likeness (QED) is 0.292. The Kier molecular flexibility index (Phi) is 10.8. The van der Waals surface area contributed by atoms with Gasteiger partial charge in [0.15, 0.2) is 0 Å². The van der Waals surface area contributed by atoms with E-state index in [0.717, 1.165) is 16.9 Å². The molecule has 3 rings (SSSR count). The minimum Gasteiger partial charge on any atom is -0.446 e. The van der Waals surface area contributed by atoms with Crippen molar-refractivity contribution in [2.24, 2.45) is 0 Å². The van der Waals surface area contributed by atoms with Gasteiger partial charge >= 0.3 is 14.3 Å². The van der Waals surface area contributed by atoms with Gasteiger partial charge in [0.2, 0.25) is 0 Å². The molecule has 2 aromatic rings. The van der Waals surface area contributed by atoms with Crippen molar-refractivity contribution < 1.29 is 18.2 Å². The molecule has 12 heteroatoms. The maximum Gasteiger partial charge on any atom is 0.396 e. The number of aromatic amines is 1. The highest BCUT2D eigenvalue weighted by atomic mass is 32.1. The van der Waals surface area contributed by atoms with Gasteiger partial charge in [-0.1, -0.05) is 42.7 Å². The third-order valence-electron chi connectivity index (χ3n) is 4.30. The molecular formula is C20H23B3N2O5PS. The van der Waals surface area contributed by atoms with Crippen LogP contribution < -0.4 is 10.2 Å². The molecule has 2 atom stereocenters. The van der Waals surface area contributed by atoms with E-state index in [1.165, 1.54) is 17.6 Å². The summed E-state index contributed by atoms with van der Waals surface area (Å²) in [5.74, 6) is 3.29. The van der Waals surface area contributed by atoms with E-state index in [9.17, 15) is 4.79 Å². The molecule has 163 valence electrons. The van der Waals surface area contributed by atoms with Gasteiger partial charge in [-0.25, -0.2) is 4.79 Å². The van der Waals surface area contributed by atoms with E-state index in [1.54, 1.807) is 13.0 Å². The Morgan fingerprint density at radius 2 is 2.22 bits per heavy atom. The van der Waals surface area contributed by atoms with Crippen LogP contribution in [0.1, 0.15) is 28.7 Å². The Hall–Kier alpha value is -1.82. The first-order valence-corrected chi connectivity index (χ1v) is 11.3. The van der Waals surface area contributed by atoms with Crippen molar-refractivity contribution in [1.29, 1.82) is 0 Å². The van der Waals surface area contributed by atoms with E-state index < -0.39 is 14.6 Å². The van der Waals surface area contributed by atoms with E-state index in [4.69, 9.17) is 52.6 Å². The lowest BCUT2D eigenvalue weighted by atomic mass is 9.93. The summed E-state index contributed by atoms with van der Waals surface area (Å²) < 4.78 is 22.9. The van der Waals surface area contributed by atoms with Gasteiger partial charge < -0.3 is 13.7 Å². The van der Waals surface area contributed by atoms with Crippen LogP contribution in [0.4, 0.5) is 0 Å². The number of aromatic nitrogens is 2. The number of benzene rings is 1. The molecule has 0 spiro atoms. The fourth-order valence-corrected chi connectivity index (χ4v) is 4.07. The summed E-state index contributed by atoms with van der Waals surface area (Å²) >= 11 is 4.91. The molecule has 0 saturated carbocycles. The van der Waals surface area contributed by atoms with Crippen LogP contribution in [0.5, 0.6) is 5.75 Å². The lowest BCUT2D eigenvalue weighted by Gasteiger charge is -2.25. The number of fused-ring (bicyclic) bond motifs is 1. The number of hydrogen-bond acceptors (Lipinski definition) is 6. The number of rotatable bonds is 7. The SMILES string of the molecule is [B]COP1OCc2cc(C)cc(C)c2O1.[B][C@H](CCn1cc(C#C)c(=S)[nH]c1=O)O[B]C. The molecule has 32 heavy (non-hydrogen) atoms. The van der Waals surface area contributed by atoms with Crippen LogP contribution >= 0.6 is 20.8 Å². The van der Waals surface area contributed by atoms with E-state index in [1.807, 2.05) is 6.92 Å². The van der Waals surface area contributed by atoms with Crippen molar-refractivity contribution >= 4 is 44.0 Å².